The Morgan fingerprint density at radius 1 is 1.03 bits per heavy atom. The Kier molecular flexibility index (Phi) is 7.89. The van der Waals surface area contributed by atoms with Crippen LogP contribution in [0.4, 0.5) is 11.4 Å². The molecule has 0 bridgehead atoms. The van der Waals surface area contributed by atoms with Gasteiger partial charge in [0.1, 0.15) is 0 Å². The topological polar surface area (TPSA) is 87.7 Å². The molecule has 1 saturated heterocycles. The van der Waals surface area contributed by atoms with Crippen molar-refractivity contribution in [2.24, 2.45) is 5.92 Å². The predicted octanol–water partition coefficient (Wildman–Crippen LogP) is 3.74. The second-order valence-corrected chi connectivity index (χ2v) is 12.1. The zero-order valence-corrected chi connectivity index (χ0v) is 21.1. The first kappa shape index (κ1) is 25.0. The average Bonchev–Trinajstić information content (AvgIpc) is 2.69. The number of benzene rings is 1. The summed E-state index contributed by atoms with van der Waals surface area (Å²) in [5.74, 6) is -0.0584. The van der Waals surface area contributed by atoms with Crippen molar-refractivity contribution in [3.8, 4) is 0 Å². The van der Waals surface area contributed by atoms with Gasteiger partial charge in [-0.1, -0.05) is 0 Å². The van der Waals surface area contributed by atoms with Crippen LogP contribution in [0.15, 0.2) is 12.1 Å². The molecule has 0 unspecified atom stereocenters. The zero-order valence-electron chi connectivity index (χ0n) is 20.3. The lowest BCUT2D eigenvalue weighted by molar-refractivity contribution is -0.120. The summed E-state index contributed by atoms with van der Waals surface area (Å²) >= 11 is 0. The number of anilines is 2. The quantitative estimate of drug-likeness (QED) is 0.668. The van der Waals surface area contributed by atoms with Crippen LogP contribution in [0.25, 0.3) is 0 Å². The number of hydrogen-bond acceptors (Lipinski definition) is 5. The molecule has 2 N–H and O–H groups in total. The molecule has 2 aliphatic rings. The third-order valence-corrected chi connectivity index (χ3v) is 8.50. The number of amides is 1. The van der Waals surface area contributed by atoms with Gasteiger partial charge in [-0.25, -0.2) is 13.1 Å². The number of ether oxygens (including phenoxy) is 1. The first-order chi connectivity index (χ1) is 15.0. The molecule has 32 heavy (non-hydrogen) atoms. The van der Waals surface area contributed by atoms with Gasteiger partial charge in [0, 0.05) is 36.4 Å². The summed E-state index contributed by atoms with van der Waals surface area (Å²) in [4.78, 5) is 15.3. The van der Waals surface area contributed by atoms with E-state index in [2.05, 4.69) is 40.9 Å². The number of carbonyl (C=O) groups excluding carboxylic acids is 1. The lowest BCUT2D eigenvalue weighted by atomic mass is 9.86. The maximum atomic E-state index is 13.0. The second-order valence-electron chi connectivity index (χ2n) is 9.87. The van der Waals surface area contributed by atoms with Crippen molar-refractivity contribution in [1.29, 1.82) is 0 Å². The minimum Gasteiger partial charge on any atom is -0.372 e. The van der Waals surface area contributed by atoms with Crippen molar-refractivity contribution < 1.29 is 17.9 Å². The highest BCUT2D eigenvalue weighted by Gasteiger charge is 2.30. The van der Waals surface area contributed by atoms with Crippen LogP contribution in [0.5, 0.6) is 0 Å². The summed E-state index contributed by atoms with van der Waals surface area (Å²) in [6.45, 7) is 13.3. The van der Waals surface area contributed by atoms with Crippen LogP contribution in [-0.4, -0.2) is 50.9 Å². The molecule has 1 amide bonds. The van der Waals surface area contributed by atoms with Crippen LogP contribution < -0.4 is 14.9 Å². The molecular weight excluding hydrogens is 426 g/mol. The number of nitrogens with zero attached hydrogens (tertiary/aromatic N) is 1. The predicted molar refractivity (Wildman–Crippen MR) is 130 cm³/mol. The first-order valence-corrected chi connectivity index (χ1v) is 13.3. The standard InChI is InChI=1S/C24H39N3O4S/c1-15(2)32(29,30)26-21-9-7-20(8-10-21)24(28)25-23-16(3)11-22(12-17(23)4)27-13-18(5)31-19(6)14-27/h11-12,15,18-21,26H,7-10,13-14H2,1-6H3,(H,25,28)/t18-,19+,20?,21?. The van der Waals surface area contributed by atoms with Crippen molar-refractivity contribution in [2.45, 2.75) is 90.7 Å². The summed E-state index contributed by atoms with van der Waals surface area (Å²) in [5.41, 5.74) is 4.16. The van der Waals surface area contributed by atoms with Crippen molar-refractivity contribution in [3.63, 3.8) is 0 Å². The Hall–Kier alpha value is -1.64. The summed E-state index contributed by atoms with van der Waals surface area (Å²) in [7, 11) is -3.28. The maximum absolute atomic E-state index is 13.0. The van der Waals surface area contributed by atoms with Gasteiger partial charge in [-0.2, -0.15) is 0 Å². The number of carbonyl (C=O) groups is 1. The molecule has 1 aliphatic carbocycles. The highest BCUT2D eigenvalue weighted by molar-refractivity contribution is 7.90. The monoisotopic (exact) mass is 465 g/mol. The van der Waals surface area contributed by atoms with E-state index in [1.165, 1.54) is 0 Å². The normalized spacial score (nSPS) is 26.9. The lowest BCUT2D eigenvalue weighted by Crippen LogP contribution is -2.45. The van der Waals surface area contributed by atoms with Crippen molar-refractivity contribution in [2.75, 3.05) is 23.3 Å². The molecule has 0 spiro atoms. The Labute approximate surface area is 193 Å². The van der Waals surface area contributed by atoms with Gasteiger partial charge in [-0.3, -0.25) is 4.79 Å². The lowest BCUT2D eigenvalue weighted by Gasteiger charge is -2.37. The largest absolute Gasteiger partial charge is 0.372 e. The SMILES string of the molecule is Cc1cc(N2C[C@@H](C)O[C@@H](C)C2)cc(C)c1NC(=O)C1CCC(NS(=O)(=O)C(C)C)CC1. The van der Waals surface area contributed by atoms with Gasteiger partial charge in [-0.05, 0) is 90.5 Å². The van der Waals surface area contributed by atoms with E-state index >= 15 is 0 Å². The van der Waals surface area contributed by atoms with Gasteiger partial charge < -0.3 is 15.0 Å². The van der Waals surface area contributed by atoms with E-state index in [1.807, 2.05) is 13.8 Å². The van der Waals surface area contributed by atoms with Gasteiger partial charge in [0.15, 0.2) is 0 Å². The fourth-order valence-corrected chi connectivity index (χ4v) is 5.75. The number of nitrogens with one attached hydrogen (secondary N) is 2. The molecule has 1 saturated carbocycles. The summed E-state index contributed by atoms with van der Waals surface area (Å²) in [5, 5.41) is 2.71. The Morgan fingerprint density at radius 2 is 1.56 bits per heavy atom. The molecule has 3 rings (SSSR count). The Bertz CT molecular complexity index is 890. The van der Waals surface area contributed by atoms with E-state index in [4.69, 9.17) is 4.74 Å². The highest BCUT2D eigenvalue weighted by atomic mass is 32.2. The van der Waals surface area contributed by atoms with Crippen molar-refractivity contribution >= 4 is 27.3 Å². The minimum absolute atomic E-state index is 0.0303. The summed E-state index contributed by atoms with van der Waals surface area (Å²) in [6.07, 6.45) is 3.15. The fraction of sp³-hybridized carbons (Fsp3) is 0.708. The first-order valence-electron chi connectivity index (χ1n) is 11.8. The highest BCUT2D eigenvalue weighted by Crippen LogP contribution is 2.31. The molecule has 180 valence electrons. The van der Waals surface area contributed by atoms with Crippen LogP contribution in [0.3, 0.4) is 0 Å². The van der Waals surface area contributed by atoms with Gasteiger partial charge >= 0.3 is 0 Å². The third kappa shape index (κ3) is 6.02. The van der Waals surface area contributed by atoms with Gasteiger partial charge in [0.25, 0.3) is 0 Å². The van der Waals surface area contributed by atoms with Crippen LogP contribution in [-0.2, 0) is 19.6 Å². The Morgan fingerprint density at radius 3 is 2.06 bits per heavy atom. The third-order valence-electron chi connectivity index (χ3n) is 6.60. The minimum atomic E-state index is -3.28. The Balaban J connectivity index is 1.61. The number of aryl methyl sites for hydroxylation is 2. The van der Waals surface area contributed by atoms with E-state index in [0.717, 1.165) is 35.6 Å². The summed E-state index contributed by atoms with van der Waals surface area (Å²) < 4.78 is 32.9. The van der Waals surface area contributed by atoms with Gasteiger partial charge in [0.05, 0.1) is 17.5 Å². The molecular formula is C24H39N3O4S. The zero-order chi connectivity index (χ0) is 23.6. The van der Waals surface area contributed by atoms with Crippen LogP contribution >= 0.6 is 0 Å². The molecule has 2 fully saturated rings. The maximum Gasteiger partial charge on any atom is 0.227 e. The molecule has 7 nitrogen and oxygen atoms in total. The van der Waals surface area contributed by atoms with Gasteiger partial charge in [-0.15, -0.1) is 0 Å². The average molecular weight is 466 g/mol. The molecule has 8 heteroatoms. The number of sulfonamides is 1. The van der Waals surface area contributed by atoms with E-state index in [-0.39, 0.29) is 30.1 Å². The second kappa shape index (κ2) is 10.1. The van der Waals surface area contributed by atoms with E-state index in [9.17, 15) is 13.2 Å². The van der Waals surface area contributed by atoms with E-state index in [0.29, 0.717) is 25.7 Å². The molecule has 2 atom stereocenters. The smallest absolute Gasteiger partial charge is 0.227 e. The number of morpholine rings is 1. The van der Waals surface area contributed by atoms with Crippen LogP contribution in [0, 0.1) is 19.8 Å². The van der Waals surface area contributed by atoms with Crippen LogP contribution in [0.2, 0.25) is 0 Å². The van der Waals surface area contributed by atoms with Crippen molar-refractivity contribution in [1.82, 2.24) is 4.72 Å². The molecule has 0 radical (unpaired) electrons. The van der Waals surface area contributed by atoms with E-state index < -0.39 is 15.3 Å². The molecule has 1 aromatic carbocycles. The number of rotatable bonds is 6. The fourth-order valence-electron chi connectivity index (χ4n) is 4.78. The molecule has 1 heterocycles. The summed E-state index contributed by atoms with van der Waals surface area (Å²) in [6, 6.07) is 4.21. The number of hydrogen-bond donors (Lipinski definition) is 2. The van der Waals surface area contributed by atoms with Crippen LogP contribution in [0.1, 0.15) is 64.5 Å². The molecule has 1 aliphatic heterocycles. The molecule has 1 aromatic rings. The molecule has 0 aromatic heterocycles. The van der Waals surface area contributed by atoms with Gasteiger partial charge in [0.2, 0.25) is 15.9 Å². The van der Waals surface area contributed by atoms with Crippen molar-refractivity contribution in [3.05, 3.63) is 23.3 Å². The van der Waals surface area contributed by atoms with E-state index in [1.54, 1.807) is 13.8 Å².